The number of halogens is 1. The van der Waals surface area contributed by atoms with Gasteiger partial charge in [-0.3, -0.25) is 4.79 Å². The van der Waals surface area contributed by atoms with E-state index in [1.54, 1.807) is 36.5 Å². The number of ketones is 1. The molecule has 1 aromatic carbocycles. The predicted molar refractivity (Wildman–Crippen MR) is 185 cm³/mol. The molecule has 0 amide bonds. The standard InChI is InChI=1S/C39H37FN4O6S/c1-37-18-22-20-42-44(25-10-8-24(40)9-11-25)28(22)17-23(37)7-12-26-27-13-14-39(38(27,2)19-29(45)33(26)37,50-35(47)31-6-4-16-48-31)32(46)21-51-36-43-34-30(49-36)5-3-15-41-34/h3-6,8-11,15-17,20,26-27,29,33,45H,7,12-14,18-19,21H2,1-2H3/t26?,27?,29-,33?,37?,38?,39-/m0/s1. The van der Waals surface area contributed by atoms with Gasteiger partial charge in [0.15, 0.2) is 22.6 Å². The number of hydrogen-bond donors (Lipinski definition) is 1. The number of ether oxygens (including phenoxy) is 1. The molecule has 10 nitrogen and oxygen atoms in total. The molecule has 0 saturated heterocycles. The normalized spacial score (nSPS) is 30.9. The number of carbonyl (C=O) groups is 2. The maximum Gasteiger partial charge on any atom is 0.375 e. The molecule has 12 heteroatoms. The van der Waals surface area contributed by atoms with Gasteiger partial charge in [0.1, 0.15) is 5.82 Å². The van der Waals surface area contributed by atoms with Gasteiger partial charge >= 0.3 is 5.97 Å². The second-order valence-corrected chi connectivity index (χ2v) is 15.9. The summed E-state index contributed by atoms with van der Waals surface area (Å²) in [6.07, 6.45) is 10.1. The Bertz CT molecular complexity index is 2160. The minimum absolute atomic E-state index is 0.0273. The van der Waals surface area contributed by atoms with E-state index >= 15 is 0 Å². The van der Waals surface area contributed by atoms with Crippen molar-refractivity contribution >= 4 is 40.8 Å². The number of pyridine rings is 1. The van der Waals surface area contributed by atoms with Crippen molar-refractivity contribution in [1.82, 2.24) is 19.7 Å². The van der Waals surface area contributed by atoms with Gasteiger partial charge in [-0.1, -0.05) is 31.2 Å². The van der Waals surface area contributed by atoms with Crippen LogP contribution in [0.1, 0.15) is 67.8 Å². The minimum Gasteiger partial charge on any atom is -0.457 e. The second-order valence-electron chi connectivity index (χ2n) is 15.0. The van der Waals surface area contributed by atoms with Crippen molar-refractivity contribution in [3.8, 4) is 5.69 Å². The highest BCUT2D eigenvalue weighted by Gasteiger charge is 2.70. The molecule has 4 aliphatic carbocycles. The summed E-state index contributed by atoms with van der Waals surface area (Å²) in [4.78, 5) is 36.9. The first-order chi connectivity index (χ1) is 24.6. The molecule has 3 saturated carbocycles. The molecule has 4 heterocycles. The second kappa shape index (κ2) is 11.7. The Morgan fingerprint density at radius 1 is 1.14 bits per heavy atom. The lowest BCUT2D eigenvalue weighted by atomic mass is 9.45. The van der Waals surface area contributed by atoms with Crippen LogP contribution in [0.15, 0.2) is 86.8 Å². The molecule has 5 aromatic rings. The maximum atomic E-state index is 14.6. The molecule has 9 rings (SSSR count). The number of furan rings is 1. The van der Waals surface area contributed by atoms with Crippen LogP contribution in [0.3, 0.4) is 0 Å². The number of rotatable bonds is 7. The van der Waals surface area contributed by atoms with E-state index in [9.17, 15) is 19.1 Å². The number of allylic oxidation sites excluding steroid dienone is 1. The summed E-state index contributed by atoms with van der Waals surface area (Å²) >= 11 is 1.16. The molecule has 4 aliphatic rings. The minimum atomic E-state index is -1.49. The molecule has 7 atom stereocenters. The fourth-order valence-electron chi connectivity index (χ4n) is 10.3. The number of aliphatic hydroxyl groups excluding tert-OH is 1. The van der Waals surface area contributed by atoms with E-state index in [2.05, 4.69) is 28.1 Å². The van der Waals surface area contributed by atoms with Gasteiger partial charge in [0.05, 0.1) is 35.7 Å². The Balaban J connectivity index is 1.03. The van der Waals surface area contributed by atoms with Crippen molar-refractivity contribution < 1.29 is 32.7 Å². The number of aromatic nitrogens is 4. The van der Waals surface area contributed by atoms with Gasteiger partial charge in [-0.2, -0.15) is 10.1 Å². The lowest BCUT2D eigenvalue weighted by molar-refractivity contribution is -0.179. The van der Waals surface area contributed by atoms with E-state index in [1.165, 1.54) is 30.0 Å². The monoisotopic (exact) mass is 708 g/mol. The molecule has 262 valence electrons. The highest BCUT2D eigenvalue weighted by Crippen LogP contribution is 2.68. The number of fused-ring (bicyclic) bond motifs is 7. The van der Waals surface area contributed by atoms with Gasteiger partial charge in [0.25, 0.3) is 5.22 Å². The molecule has 0 radical (unpaired) electrons. The molecule has 4 aromatic heterocycles. The molecule has 0 spiro atoms. The summed E-state index contributed by atoms with van der Waals surface area (Å²) in [5.74, 6) is -1.17. The van der Waals surface area contributed by atoms with Crippen LogP contribution in [0.4, 0.5) is 4.39 Å². The van der Waals surface area contributed by atoms with E-state index in [1.807, 2.05) is 17.8 Å². The van der Waals surface area contributed by atoms with E-state index in [0.29, 0.717) is 42.1 Å². The van der Waals surface area contributed by atoms with E-state index < -0.39 is 23.1 Å². The first-order valence-corrected chi connectivity index (χ1v) is 18.4. The third-order valence-corrected chi connectivity index (χ3v) is 13.4. The number of hydrogen-bond acceptors (Lipinski definition) is 10. The molecular formula is C39H37FN4O6S. The van der Waals surface area contributed by atoms with Crippen molar-refractivity contribution in [1.29, 1.82) is 0 Å². The summed E-state index contributed by atoms with van der Waals surface area (Å²) in [7, 11) is 0. The smallest absolute Gasteiger partial charge is 0.375 e. The lowest BCUT2D eigenvalue weighted by Crippen LogP contribution is -2.63. The van der Waals surface area contributed by atoms with Gasteiger partial charge in [-0.25, -0.2) is 18.9 Å². The lowest BCUT2D eigenvalue weighted by Gasteiger charge is -2.60. The quantitative estimate of drug-likeness (QED) is 0.136. The van der Waals surface area contributed by atoms with Crippen molar-refractivity contribution in [2.75, 3.05) is 5.75 Å². The topological polar surface area (TPSA) is 133 Å². The van der Waals surface area contributed by atoms with Gasteiger partial charge in [-0.15, -0.1) is 0 Å². The zero-order chi connectivity index (χ0) is 35.1. The van der Waals surface area contributed by atoms with Gasteiger partial charge in [0, 0.05) is 11.6 Å². The zero-order valence-electron chi connectivity index (χ0n) is 28.3. The maximum absolute atomic E-state index is 14.6. The Morgan fingerprint density at radius 3 is 2.76 bits per heavy atom. The molecule has 1 N–H and O–H groups in total. The number of carbonyl (C=O) groups excluding carboxylic acids is 2. The molecule has 5 unspecified atom stereocenters. The fraction of sp³-hybridized carbons (Fsp3) is 0.410. The van der Waals surface area contributed by atoms with E-state index in [4.69, 9.17) is 13.6 Å². The number of nitrogens with zero attached hydrogens (tertiary/aromatic N) is 4. The van der Waals surface area contributed by atoms with Crippen molar-refractivity contribution in [2.24, 2.45) is 28.6 Å². The number of benzene rings is 1. The zero-order valence-corrected chi connectivity index (χ0v) is 29.1. The average Bonchev–Trinajstić information content (AvgIpc) is 3.92. The Morgan fingerprint density at radius 2 is 1.98 bits per heavy atom. The highest BCUT2D eigenvalue weighted by molar-refractivity contribution is 7.99. The third-order valence-electron chi connectivity index (χ3n) is 12.5. The number of oxazole rings is 1. The largest absolute Gasteiger partial charge is 0.457 e. The first kappa shape index (κ1) is 32.4. The summed E-state index contributed by atoms with van der Waals surface area (Å²) in [5, 5.41) is 17.3. The van der Waals surface area contributed by atoms with Gasteiger partial charge < -0.3 is 18.7 Å². The van der Waals surface area contributed by atoms with E-state index in [0.717, 1.165) is 41.5 Å². The summed E-state index contributed by atoms with van der Waals surface area (Å²) in [6, 6.07) is 13.0. The molecule has 0 bridgehead atoms. The Hall–Kier alpha value is -4.55. The summed E-state index contributed by atoms with van der Waals surface area (Å²) < 4.78 is 33.2. The Kier molecular flexibility index (Phi) is 7.45. The van der Waals surface area contributed by atoms with Crippen LogP contribution in [-0.2, 0) is 16.0 Å². The van der Waals surface area contributed by atoms with Crippen LogP contribution in [0, 0.1) is 34.4 Å². The van der Waals surface area contributed by atoms with Crippen LogP contribution in [0.2, 0.25) is 0 Å². The SMILES string of the molecule is CC12Cc3cnn(-c4ccc(F)cc4)c3C=C1CCC1C2[C@@H](O)CC2(C)C1CC[C@]2(OC(=O)c1ccco1)C(=O)CSc1nc2ncccc2o1. The first-order valence-electron chi connectivity index (χ1n) is 17.5. The van der Waals surface area contributed by atoms with E-state index in [-0.39, 0.29) is 46.3 Å². The molecule has 3 fully saturated rings. The van der Waals surface area contributed by atoms with Crippen LogP contribution in [0.5, 0.6) is 0 Å². The van der Waals surface area contributed by atoms with Crippen molar-refractivity contribution in [3.63, 3.8) is 0 Å². The fourth-order valence-corrected chi connectivity index (χ4v) is 11.1. The predicted octanol–water partition coefficient (Wildman–Crippen LogP) is 7.25. The highest BCUT2D eigenvalue weighted by atomic mass is 32.2. The van der Waals surface area contributed by atoms with Crippen molar-refractivity contribution in [3.05, 3.63) is 95.6 Å². The molecule has 51 heavy (non-hydrogen) atoms. The van der Waals surface area contributed by atoms with Gasteiger partial charge in [0.2, 0.25) is 5.76 Å². The van der Waals surface area contributed by atoms with Crippen molar-refractivity contribution in [2.45, 2.75) is 69.3 Å². The Labute approximate surface area is 297 Å². The third kappa shape index (κ3) is 4.89. The average molecular weight is 709 g/mol. The summed E-state index contributed by atoms with van der Waals surface area (Å²) in [5.41, 5.74) is 2.48. The van der Waals surface area contributed by atoms with Crippen LogP contribution >= 0.6 is 11.8 Å². The number of aliphatic hydroxyl groups is 1. The van der Waals surface area contributed by atoms with Crippen LogP contribution in [0.25, 0.3) is 23.0 Å². The van der Waals surface area contributed by atoms with Crippen LogP contribution < -0.4 is 0 Å². The summed E-state index contributed by atoms with van der Waals surface area (Å²) in [6.45, 7) is 4.29. The van der Waals surface area contributed by atoms with Crippen LogP contribution in [-0.4, -0.2) is 54.1 Å². The number of thioether (sulfide) groups is 1. The number of esters is 1. The number of Topliss-reactive ketones (excluding diaryl/α,β-unsaturated/α-hetero) is 1. The molecular weight excluding hydrogens is 672 g/mol. The molecule has 0 aliphatic heterocycles. The van der Waals surface area contributed by atoms with Gasteiger partial charge in [-0.05, 0) is 122 Å².